The Labute approximate surface area is 121 Å². The van der Waals surface area contributed by atoms with Crippen molar-refractivity contribution in [1.82, 2.24) is 9.29 Å². The van der Waals surface area contributed by atoms with Gasteiger partial charge in [0.05, 0.1) is 11.2 Å². The maximum atomic E-state index is 12.5. The molecular formula is C11H17BrN2O2S2. The average molecular weight is 353 g/mol. The van der Waals surface area contributed by atoms with Crippen molar-refractivity contribution in [2.75, 3.05) is 7.05 Å². The number of aryl methyl sites for hydroxylation is 1. The molecule has 0 radical (unpaired) electrons. The quantitative estimate of drug-likeness (QED) is 0.785. The van der Waals surface area contributed by atoms with E-state index in [0.29, 0.717) is 4.21 Å². The Morgan fingerprint density at radius 2 is 2.11 bits per heavy atom. The van der Waals surface area contributed by atoms with Crippen LogP contribution >= 0.6 is 27.3 Å². The molecule has 18 heavy (non-hydrogen) atoms. The molecule has 0 saturated heterocycles. The minimum absolute atomic E-state index is 0.0474. The summed E-state index contributed by atoms with van der Waals surface area (Å²) in [5.74, 6) is 0. The highest BCUT2D eigenvalue weighted by Gasteiger charge is 2.34. The summed E-state index contributed by atoms with van der Waals surface area (Å²) in [5.41, 5.74) is 0. The number of nitrogens with zero attached hydrogens (tertiary/aromatic N) is 2. The van der Waals surface area contributed by atoms with Crippen LogP contribution in [0, 0.1) is 6.92 Å². The van der Waals surface area contributed by atoms with Gasteiger partial charge in [-0.15, -0.1) is 11.3 Å². The summed E-state index contributed by atoms with van der Waals surface area (Å²) in [5, 5.41) is 0.779. The van der Waals surface area contributed by atoms with Gasteiger partial charge in [0.2, 0.25) is 0 Å². The second kappa shape index (κ2) is 5.56. The molecule has 0 aliphatic heterocycles. The van der Waals surface area contributed by atoms with Crippen molar-refractivity contribution in [3.05, 3.63) is 11.2 Å². The number of hydrogen-bond donors (Lipinski definition) is 0. The molecule has 2 unspecified atom stereocenters. The topological polar surface area (TPSA) is 50.3 Å². The van der Waals surface area contributed by atoms with Crippen LogP contribution in [0.5, 0.6) is 0 Å². The summed E-state index contributed by atoms with van der Waals surface area (Å²) in [4.78, 5) is 4.28. The molecule has 2 rings (SSSR count). The SMILES string of the molecule is Cc1ncc(S(=O)(=O)N(C)C2CCCCC2Br)s1. The number of sulfonamides is 1. The van der Waals surface area contributed by atoms with Crippen LogP contribution < -0.4 is 0 Å². The van der Waals surface area contributed by atoms with Crippen molar-refractivity contribution in [2.45, 2.75) is 47.7 Å². The lowest BCUT2D eigenvalue weighted by Crippen LogP contribution is -2.43. The van der Waals surface area contributed by atoms with Gasteiger partial charge in [-0.3, -0.25) is 0 Å². The van der Waals surface area contributed by atoms with Gasteiger partial charge in [0.15, 0.2) is 4.21 Å². The first-order valence-corrected chi connectivity index (χ1v) is 9.14. The predicted octanol–water partition coefficient (Wildman–Crippen LogP) is 2.78. The van der Waals surface area contributed by atoms with Gasteiger partial charge in [0, 0.05) is 17.9 Å². The Kier molecular flexibility index (Phi) is 4.46. The maximum Gasteiger partial charge on any atom is 0.254 e. The lowest BCUT2D eigenvalue weighted by molar-refractivity contribution is 0.297. The molecule has 0 N–H and O–H groups in total. The second-order valence-corrected chi connectivity index (χ2v) is 9.22. The van der Waals surface area contributed by atoms with Gasteiger partial charge in [0.25, 0.3) is 10.0 Å². The lowest BCUT2D eigenvalue weighted by Gasteiger charge is -2.33. The minimum atomic E-state index is -3.39. The van der Waals surface area contributed by atoms with Crippen molar-refractivity contribution in [3.8, 4) is 0 Å². The third kappa shape index (κ3) is 2.79. The maximum absolute atomic E-state index is 12.5. The Morgan fingerprint density at radius 3 is 2.67 bits per heavy atom. The number of rotatable bonds is 3. The third-order valence-electron chi connectivity index (χ3n) is 3.35. The van der Waals surface area contributed by atoms with Gasteiger partial charge in [-0.1, -0.05) is 28.8 Å². The molecule has 1 heterocycles. The number of hydrogen-bond acceptors (Lipinski definition) is 4. The molecule has 0 aromatic carbocycles. The summed E-state index contributed by atoms with van der Waals surface area (Å²) in [6, 6.07) is 0.0474. The fourth-order valence-corrected chi connectivity index (χ4v) is 6.07. The van der Waals surface area contributed by atoms with E-state index in [4.69, 9.17) is 0 Å². The number of alkyl halides is 1. The fraction of sp³-hybridized carbons (Fsp3) is 0.727. The van der Waals surface area contributed by atoms with Crippen LogP contribution in [-0.2, 0) is 10.0 Å². The first kappa shape index (κ1) is 14.4. The summed E-state index contributed by atoms with van der Waals surface area (Å²) in [6.45, 7) is 1.82. The zero-order valence-corrected chi connectivity index (χ0v) is 13.7. The molecule has 4 nitrogen and oxygen atoms in total. The lowest BCUT2D eigenvalue weighted by atomic mass is 9.96. The molecule has 1 aromatic rings. The largest absolute Gasteiger partial charge is 0.254 e. The van der Waals surface area contributed by atoms with Crippen molar-refractivity contribution in [1.29, 1.82) is 0 Å². The molecule has 2 atom stereocenters. The van der Waals surface area contributed by atoms with E-state index >= 15 is 0 Å². The van der Waals surface area contributed by atoms with Crippen molar-refractivity contribution in [3.63, 3.8) is 0 Å². The average Bonchev–Trinajstić information content (AvgIpc) is 2.76. The molecule has 102 valence electrons. The van der Waals surface area contributed by atoms with Crippen molar-refractivity contribution in [2.24, 2.45) is 0 Å². The van der Waals surface area contributed by atoms with Crippen LogP contribution in [-0.4, -0.2) is 35.6 Å². The number of halogens is 1. The van der Waals surface area contributed by atoms with Crippen LogP contribution in [0.25, 0.3) is 0 Å². The third-order valence-corrected chi connectivity index (χ3v) is 7.65. The zero-order valence-electron chi connectivity index (χ0n) is 10.5. The van der Waals surface area contributed by atoms with Crippen molar-refractivity contribution < 1.29 is 8.42 Å². The summed E-state index contributed by atoms with van der Waals surface area (Å²) in [7, 11) is -1.72. The van der Waals surface area contributed by atoms with E-state index in [1.165, 1.54) is 28.3 Å². The highest BCUT2D eigenvalue weighted by molar-refractivity contribution is 9.09. The highest BCUT2D eigenvalue weighted by Crippen LogP contribution is 2.32. The van der Waals surface area contributed by atoms with E-state index in [9.17, 15) is 8.42 Å². The van der Waals surface area contributed by atoms with E-state index < -0.39 is 10.0 Å². The molecule has 7 heteroatoms. The summed E-state index contributed by atoms with van der Waals surface area (Å²) in [6.07, 6.45) is 5.67. The Bertz CT molecular complexity index is 515. The highest BCUT2D eigenvalue weighted by atomic mass is 79.9. The van der Waals surface area contributed by atoms with E-state index in [-0.39, 0.29) is 10.9 Å². The van der Waals surface area contributed by atoms with E-state index in [0.717, 1.165) is 24.3 Å². The second-order valence-electron chi connectivity index (χ2n) is 4.59. The normalized spacial score (nSPS) is 25.6. The van der Waals surface area contributed by atoms with Crippen LogP contribution in [0.3, 0.4) is 0 Å². The number of thiazole rings is 1. The molecule has 1 aliphatic rings. The van der Waals surface area contributed by atoms with Crippen LogP contribution in [0.1, 0.15) is 30.7 Å². The smallest absolute Gasteiger partial charge is 0.249 e. The molecule has 1 aromatic heterocycles. The monoisotopic (exact) mass is 352 g/mol. The number of aromatic nitrogens is 1. The molecule has 1 fully saturated rings. The minimum Gasteiger partial charge on any atom is -0.249 e. The first-order valence-electron chi connectivity index (χ1n) is 5.97. The summed E-state index contributed by atoms with van der Waals surface area (Å²) < 4.78 is 26.8. The molecule has 1 aliphatic carbocycles. The Balaban J connectivity index is 2.24. The van der Waals surface area contributed by atoms with Gasteiger partial charge in [0.1, 0.15) is 0 Å². The van der Waals surface area contributed by atoms with Gasteiger partial charge in [-0.2, -0.15) is 4.31 Å². The molecule has 0 amide bonds. The van der Waals surface area contributed by atoms with Gasteiger partial charge >= 0.3 is 0 Å². The van der Waals surface area contributed by atoms with Gasteiger partial charge in [-0.05, 0) is 19.8 Å². The first-order chi connectivity index (χ1) is 8.43. The van der Waals surface area contributed by atoms with Crippen LogP contribution in [0.15, 0.2) is 10.4 Å². The van der Waals surface area contributed by atoms with Crippen molar-refractivity contribution >= 4 is 37.3 Å². The molecular weight excluding hydrogens is 336 g/mol. The predicted molar refractivity (Wildman–Crippen MR) is 76.8 cm³/mol. The summed E-state index contributed by atoms with van der Waals surface area (Å²) >= 11 is 4.84. The van der Waals surface area contributed by atoms with Crippen LogP contribution in [0.4, 0.5) is 0 Å². The zero-order chi connectivity index (χ0) is 13.3. The fourth-order valence-electron chi connectivity index (χ4n) is 2.26. The molecule has 0 bridgehead atoms. The van der Waals surface area contributed by atoms with E-state index in [2.05, 4.69) is 20.9 Å². The van der Waals surface area contributed by atoms with Crippen LogP contribution in [0.2, 0.25) is 0 Å². The molecule has 0 spiro atoms. The van der Waals surface area contributed by atoms with E-state index in [1.54, 1.807) is 7.05 Å². The molecule has 1 saturated carbocycles. The van der Waals surface area contributed by atoms with Gasteiger partial charge < -0.3 is 0 Å². The van der Waals surface area contributed by atoms with E-state index in [1.807, 2.05) is 6.92 Å². The van der Waals surface area contributed by atoms with Gasteiger partial charge in [-0.25, -0.2) is 13.4 Å². The Morgan fingerprint density at radius 1 is 1.44 bits per heavy atom. The Hall–Kier alpha value is 0.0200. The standard InChI is InChI=1S/C11H17BrN2O2S2/c1-8-13-7-11(17-8)18(15,16)14(2)10-6-4-3-5-9(10)12/h7,9-10H,3-6H2,1-2H3.